The third kappa shape index (κ3) is 5.05. The standard InChI is InChI=1S/C20H29N3O3/c1-2-23(15-16-6-4-3-5-7-16)20(25)18-14-17(18)19(24)21-8-9-22-10-12-26-13-11-22/h3-7,17-18H,2,8-15H2,1H3,(H,21,24). The molecule has 2 amide bonds. The zero-order valence-corrected chi connectivity index (χ0v) is 15.5. The minimum absolute atomic E-state index is 0.0207. The van der Waals surface area contributed by atoms with E-state index in [4.69, 9.17) is 4.74 Å². The van der Waals surface area contributed by atoms with Crippen LogP contribution in [0.15, 0.2) is 30.3 Å². The number of nitrogens with one attached hydrogen (secondary N) is 1. The van der Waals surface area contributed by atoms with E-state index in [1.165, 1.54) is 0 Å². The molecule has 142 valence electrons. The second-order valence-electron chi connectivity index (χ2n) is 7.03. The van der Waals surface area contributed by atoms with Crippen molar-refractivity contribution in [1.29, 1.82) is 0 Å². The van der Waals surface area contributed by atoms with E-state index in [2.05, 4.69) is 10.2 Å². The first-order valence-electron chi connectivity index (χ1n) is 9.59. The lowest BCUT2D eigenvalue weighted by Crippen LogP contribution is -2.42. The van der Waals surface area contributed by atoms with Gasteiger partial charge in [0, 0.05) is 39.3 Å². The number of benzene rings is 1. The van der Waals surface area contributed by atoms with Crippen molar-refractivity contribution in [2.45, 2.75) is 19.9 Å². The molecule has 1 aliphatic heterocycles. The Kier molecular flexibility index (Phi) is 6.63. The third-order valence-electron chi connectivity index (χ3n) is 5.19. The maximum absolute atomic E-state index is 12.7. The van der Waals surface area contributed by atoms with E-state index in [0.29, 0.717) is 26.1 Å². The molecule has 1 N–H and O–H groups in total. The number of amides is 2. The molecule has 2 atom stereocenters. The zero-order chi connectivity index (χ0) is 18.4. The van der Waals surface area contributed by atoms with Crippen LogP contribution in [0.4, 0.5) is 0 Å². The molecule has 2 fully saturated rings. The van der Waals surface area contributed by atoms with E-state index in [1.807, 2.05) is 42.2 Å². The fourth-order valence-electron chi connectivity index (χ4n) is 3.43. The summed E-state index contributed by atoms with van der Waals surface area (Å²) in [5.74, 6) is -0.184. The summed E-state index contributed by atoms with van der Waals surface area (Å²) in [6.45, 7) is 8.11. The Morgan fingerprint density at radius 3 is 2.62 bits per heavy atom. The molecule has 26 heavy (non-hydrogen) atoms. The Bertz CT molecular complexity index is 602. The Labute approximate surface area is 155 Å². The minimum atomic E-state index is -0.156. The van der Waals surface area contributed by atoms with E-state index >= 15 is 0 Å². The molecule has 0 radical (unpaired) electrons. The third-order valence-corrected chi connectivity index (χ3v) is 5.19. The van der Waals surface area contributed by atoms with Crippen molar-refractivity contribution in [3.05, 3.63) is 35.9 Å². The van der Waals surface area contributed by atoms with Gasteiger partial charge in [-0.3, -0.25) is 14.5 Å². The highest BCUT2D eigenvalue weighted by Crippen LogP contribution is 2.40. The monoisotopic (exact) mass is 359 g/mol. The summed E-state index contributed by atoms with van der Waals surface area (Å²) >= 11 is 0. The average Bonchev–Trinajstić information content (AvgIpc) is 3.48. The van der Waals surface area contributed by atoms with Crippen LogP contribution in [0.1, 0.15) is 18.9 Å². The van der Waals surface area contributed by atoms with Gasteiger partial charge in [-0.25, -0.2) is 0 Å². The van der Waals surface area contributed by atoms with Gasteiger partial charge in [0.15, 0.2) is 0 Å². The number of hydrogen-bond acceptors (Lipinski definition) is 4. The fraction of sp³-hybridized carbons (Fsp3) is 0.600. The summed E-state index contributed by atoms with van der Waals surface area (Å²) in [5.41, 5.74) is 1.12. The Morgan fingerprint density at radius 1 is 1.19 bits per heavy atom. The molecular weight excluding hydrogens is 330 g/mol. The lowest BCUT2D eigenvalue weighted by atomic mass is 10.2. The maximum Gasteiger partial charge on any atom is 0.226 e. The first kappa shape index (κ1) is 18.9. The second kappa shape index (κ2) is 9.14. The number of rotatable bonds is 8. The van der Waals surface area contributed by atoms with Crippen LogP contribution in [0.3, 0.4) is 0 Å². The van der Waals surface area contributed by atoms with Gasteiger partial charge in [0.2, 0.25) is 11.8 Å². The molecule has 6 nitrogen and oxygen atoms in total. The molecule has 2 aliphatic rings. The Hall–Kier alpha value is -1.92. The highest BCUT2D eigenvalue weighted by molar-refractivity contribution is 5.92. The van der Waals surface area contributed by atoms with Crippen LogP contribution in [0.25, 0.3) is 0 Å². The van der Waals surface area contributed by atoms with E-state index in [1.54, 1.807) is 0 Å². The fourth-order valence-corrected chi connectivity index (χ4v) is 3.43. The SMILES string of the molecule is CCN(Cc1ccccc1)C(=O)C1CC1C(=O)NCCN1CCOCC1. The molecular formula is C20H29N3O3. The topological polar surface area (TPSA) is 61.9 Å². The minimum Gasteiger partial charge on any atom is -0.379 e. The zero-order valence-electron chi connectivity index (χ0n) is 15.5. The quantitative estimate of drug-likeness (QED) is 0.756. The van der Waals surface area contributed by atoms with E-state index in [-0.39, 0.29) is 23.7 Å². The number of carbonyl (C=O) groups excluding carboxylic acids is 2. The summed E-state index contributed by atoms with van der Waals surface area (Å²) in [6, 6.07) is 9.99. The van der Waals surface area contributed by atoms with Crippen molar-refractivity contribution >= 4 is 11.8 Å². The molecule has 1 aromatic carbocycles. The van der Waals surface area contributed by atoms with Crippen LogP contribution in [-0.2, 0) is 20.9 Å². The van der Waals surface area contributed by atoms with Crippen LogP contribution >= 0.6 is 0 Å². The average molecular weight is 359 g/mol. The van der Waals surface area contributed by atoms with Crippen LogP contribution < -0.4 is 5.32 Å². The molecule has 1 saturated carbocycles. The van der Waals surface area contributed by atoms with Gasteiger partial charge in [-0.1, -0.05) is 30.3 Å². The van der Waals surface area contributed by atoms with Gasteiger partial charge in [-0.05, 0) is 18.9 Å². The van der Waals surface area contributed by atoms with Crippen molar-refractivity contribution in [2.24, 2.45) is 11.8 Å². The van der Waals surface area contributed by atoms with Gasteiger partial charge in [-0.15, -0.1) is 0 Å². The highest BCUT2D eigenvalue weighted by Gasteiger charge is 2.49. The smallest absolute Gasteiger partial charge is 0.226 e. The van der Waals surface area contributed by atoms with Gasteiger partial charge in [0.1, 0.15) is 0 Å². The highest BCUT2D eigenvalue weighted by atomic mass is 16.5. The molecule has 1 aliphatic carbocycles. The second-order valence-corrected chi connectivity index (χ2v) is 7.03. The summed E-state index contributed by atoms with van der Waals surface area (Å²) in [5, 5.41) is 2.99. The first-order chi connectivity index (χ1) is 12.7. The number of ether oxygens (including phenoxy) is 1. The largest absolute Gasteiger partial charge is 0.379 e. The molecule has 6 heteroatoms. The van der Waals surface area contributed by atoms with E-state index in [0.717, 1.165) is 38.4 Å². The molecule has 0 bridgehead atoms. The summed E-state index contributed by atoms with van der Waals surface area (Å²) < 4.78 is 5.32. The molecule has 1 aromatic rings. The van der Waals surface area contributed by atoms with Crippen molar-refractivity contribution in [3.8, 4) is 0 Å². The van der Waals surface area contributed by atoms with Crippen LogP contribution in [0.5, 0.6) is 0 Å². The number of morpholine rings is 1. The van der Waals surface area contributed by atoms with Crippen LogP contribution in [0, 0.1) is 11.8 Å². The summed E-state index contributed by atoms with van der Waals surface area (Å²) in [6.07, 6.45) is 0.674. The number of carbonyl (C=O) groups is 2. The Balaban J connectivity index is 1.41. The molecule has 3 rings (SSSR count). The predicted octanol–water partition coefficient (Wildman–Crippen LogP) is 1.12. The van der Waals surface area contributed by atoms with Crippen LogP contribution in [0.2, 0.25) is 0 Å². The lowest BCUT2D eigenvalue weighted by Gasteiger charge is -2.26. The lowest BCUT2D eigenvalue weighted by molar-refractivity contribution is -0.135. The van der Waals surface area contributed by atoms with Gasteiger partial charge in [-0.2, -0.15) is 0 Å². The number of nitrogens with zero attached hydrogens (tertiary/aromatic N) is 2. The van der Waals surface area contributed by atoms with Gasteiger partial charge >= 0.3 is 0 Å². The van der Waals surface area contributed by atoms with Crippen molar-refractivity contribution in [1.82, 2.24) is 15.1 Å². The molecule has 0 aromatic heterocycles. The molecule has 2 unspecified atom stereocenters. The molecule has 0 spiro atoms. The van der Waals surface area contributed by atoms with E-state index in [9.17, 15) is 9.59 Å². The molecule has 1 heterocycles. The number of hydrogen-bond donors (Lipinski definition) is 1. The predicted molar refractivity (Wildman–Crippen MR) is 99.4 cm³/mol. The van der Waals surface area contributed by atoms with E-state index < -0.39 is 0 Å². The van der Waals surface area contributed by atoms with Crippen molar-refractivity contribution in [2.75, 3.05) is 45.9 Å². The van der Waals surface area contributed by atoms with Gasteiger partial charge < -0.3 is 15.0 Å². The van der Waals surface area contributed by atoms with Crippen molar-refractivity contribution < 1.29 is 14.3 Å². The van der Waals surface area contributed by atoms with Gasteiger partial charge in [0.25, 0.3) is 0 Å². The normalized spacial score (nSPS) is 22.7. The summed E-state index contributed by atoms with van der Waals surface area (Å²) in [4.78, 5) is 29.1. The van der Waals surface area contributed by atoms with Crippen molar-refractivity contribution in [3.63, 3.8) is 0 Å². The molecule has 1 saturated heterocycles. The Morgan fingerprint density at radius 2 is 1.92 bits per heavy atom. The summed E-state index contributed by atoms with van der Waals surface area (Å²) in [7, 11) is 0. The van der Waals surface area contributed by atoms with Gasteiger partial charge in [0.05, 0.1) is 25.0 Å². The van der Waals surface area contributed by atoms with Crippen LogP contribution in [-0.4, -0.2) is 67.6 Å². The maximum atomic E-state index is 12.7. The first-order valence-corrected chi connectivity index (χ1v) is 9.59.